The Morgan fingerprint density at radius 1 is 1.29 bits per heavy atom. The van der Waals surface area contributed by atoms with Crippen LogP contribution in [0.4, 0.5) is 0 Å². The molecule has 0 aliphatic carbocycles. The number of hydrogen-bond acceptors (Lipinski definition) is 3. The third kappa shape index (κ3) is 5.57. The first-order valence-electron chi connectivity index (χ1n) is 7.28. The van der Waals surface area contributed by atoms with E-state index in [1.165, 1.54) is 0 Å². The van der Waals surface area contributed by atoms with Crippen molar-refractivity contribution in [2.75, 3.05) is 19.7 Å². The summed E-state index contributed by atoms with van der Waals surface area (Å²) in [4.78, 5) is 18.6. The lowest BCUT2D eigenvalue weighted by Crippen LogP contribution is -2.37. The first-order valence-corrected chi connectivity index (χ1v) is 7.28. The molecule has 1 N–H and O–H groups in total. The number of nitrogens with zero attached hydrogens (tertiary/aromatic N) is 2. The molecule has 1 aromatic rings. The standard InChI is InChI=1S/C17H24N2O2/c1-13(2)11-19(12-14(3)4)17(21)16-7-8-18-10-15(16)6-5-9-20/h7-8,10,13-14,20H,9,11-12H2,1-4H3. The summed E-state index contributed by atoms with van der Waals surface area (Å²) in [7, 11) is 0. The molecule has 1 rings (SSSR count). The number of hydrogen-bond donors (Lipinski definition) is 1. The second-order valence-corrected chi connectivity index (χ2v) is 5.88. The molecule has 0 aliphatic heterocycles. The average Bonchev–Trinajstić information content (AvgIpc) is 2.43. The van der Waals surface area contributed by atoms with Crippen molar-refractivity contribution in [3.8, 4) is 11.8 Å². The highest BCUT2D eigenvalue weighted by Gasteiger charge is 2.20. The van der Waals surface area contributed by atoms with Gasteiger partial charge in [0.25, 0.3) is 5.91 Å². The molecule has 0 bridgehead atoms. The fraction of sp³-hybridized carbons (Fsp3) is 0.529. The minimum Gasteiger partial charge on any atom is -0.384 e. The normalized spacial score (nSPS) is 10.4. The van der Waals surface area contributed by atoms with Crippen molar-refractivity contribution < 1.29 is 9.90 Å². The number of aliphatic hydroxyl groups excluding tert-OH is 1. The van der Waals surface area contributed by atoms with Gasteiger partial charge in [0.15, 0.2) is 0 Å². The summed E-state index contributed by atoms with van der Waals surface area (Å²) in [5.41, 5.74) is 1.11. The molecule has 0 spiro atoms. The molecular formula is C17H24N2O2. The Kier molecular flexibility index (Phi) is 6.90. The van der Waals surface area contributed by atoms with Crippen molar-refractivity contribution in [3.63, 3.8) is 0 Å². The van der Waals surface area contributed by atoms with Gasteiger partial charge in [-0.05, 0) is 17.9 Å². The molecule has 21 heavy (non-hydrogen) atoms. The third-order valence-corrected chi connectivity index (χ3v) is 2.81. The first kappa shape index (κ1) is 17.2. The number of carbonyl (C=O) groups is 1. The fourth-order valence-electron chi connectivity index (χ4n) is 2.11. The summed E-state index contributed by atoms with van der Waals surface area (Å²) in [5.74, 6) is 6.15. The zero-order valence-corrected chi connectivity index (χ0v) is 13.3. The molecule has 114 valence electrons. The monoisotopic (exact) mass is 288 g/mol. The summed E-state index contributed by atoms with van der Waals surface area (Å²) >= 11 is 0. The maximum Gasteiger partial charge on any atom is 0.255 e. The van der Waals surface area contributed by atoms with Gasteiger partial charge in [-0.3, -0.25) is 9.78 Å². The van der Waals surface area contributed by atoms with Crippen LogP contribution in [-0.4, -0.2) is 40.6 Å². The molecule has 0 aromatic carbocycles. The van der Waals surface area contributed by atoms with Crippen LogP contribution >= 0.6 is 0 Å². The van der Waals surface area contributed by atoms with Crippen LogP contribution in [-0.2, 0) is 0 Å². The molecule has 4 heteroatoms. The van der Waals surface area contributed by atoms with Crippen LogP contribution in [0.5, 0.6) is 0 Å². The Labute approximate surface area is 127 Å². The maximum absolute atomic E-state index is 12.8. The SMILES string of the molecule is CC(C)CN(CC(C)C)C(=O)c1ccncc1C#CCO. The average molecular weight is 288 g/mol. The van der Waals surface area contributed by atoms with Gasteiger partial charge < -0.3 is 10.0 Å². The van der Waals surface area contributed by atoms with Crippen LogP contribution in [0.2, 0.25) is 0 Å². The largest absolute Gasteiger partial charge is 0.384 e. The summed E-state index contributed by atoms with van der Waals surface area (Å²) in [6.07, 6.45) is 3.17. The fourth-order valence-corrected chi connectivity index (χ4v) is 2.11. The van der Waals surface area contributed by atoms with E-state index in [-0.39, 0.29) is 12.5 Å². The number of pyridine rings is 1. The van der Waals surface area contributed by atoms with E-state index in [2.05, 4.69) is 44.5 Å². The summed E-state index contributed by atoms with van der Waals surface area (Å²) < 4.78 is 0. The number of carbonyl (C=O) groups excluding carboxylic acids is 1. The Bertz CT molecular complexity index is 517. The number of aromatic nitrogens is 1. The molecule has 1 amide bonds. The van der Waals surface area contributed by atoms with Crippen molar-refractivity contribution in [3.05, 3.63) is 29.6 Å². The highest BCUT2D eigenvalue weighted by Crippen LogP contribution is 2.13. The number of rotatable bonds is 5. The Hall–Kier alpha value is -1.86. The van der Waals surface area contributed by atoms with Crippen molar-refractivity contribution in [1.29, 1.82) is 0 Å². The van der Waals surface area contributed by atoms with E-state index in [0.29, 0.717) is 36.1 Å². The molecule has 0 radical (unpaired) electrons. The third-order valence-electron chi connectivity index (χ3n) is 2.81. The second-order valence-electron chi connectivity index (χ2n) is 5.88. The van der Waals surface area contributed by atoms with Gasteiger partial charge in [0.05, 0.1) is 11.1 Å². The molecule has 4 nitrogen and oxygen atoms in total. The van der Waals surface area contributed by atoms with E-state index in [1.807, 2.05) is 4.90 Å². The van der Waals surface area contributed by atoms with Crippen LogP contribution in [0.3, 0.4) is 0 Å². The molecule has 1 heterocycles. The van der Waals surface area contributed by atoms with E-state index in [9.17, 15) is 4.79 Å². The Morgan fingerprint density at radius 2 is 1.90 bits per heavy atom. The lowest BCUT2D eigenvalue weighted by molar-refractivity contribution is 0.0714. The zero-order chi connectivity index (χ0) is 15.8. The van der Waals surface area contributed by atoms with E-state index < -0.39 is 0 Å². The van der Waals surface area contributed by atoms with Gasteiger partial charge in [-0.2, -0.15) is 0 Å². The van der Waals surface area contributed by atoms with Crippen LogP contribution in [0.1, 0.15) is 43.6 Å². The van der Waals surface area contributed by atoms with Gasteiger partial charge in [0.1, 0.15) is 6.61 Å². The van der Waals surface area contributed by atoms with Gasteiger partial charge in [0, 0.05) is 25.5 Å². The predicted octanol–water partition coefficient (Wildman–Crippen LogP) is 2.18. The molecule has 0 fully saturated rings. The minimum absolute atomic E-state index is 0.0259. The van der Waals surface area contributed by atoms with E-state index in [4.69, 9.17) is 5.11 Å². The van der Waals surface area contributed by atoms with Crippen LogP contribution < -0.4 is 0 Å². The van der Waals surface area contributed by atoms with Gasteiger partial charge >= 0.3 is 0 Å². The lowest BCUT2D eigenvalue weighted by atomic mass is 10.1. The predicted molar refractivity (Wildman–Crippen MR) is 83.8 cm³/mol. The summed E-state index contributed by atoms with van der Waals surface area (Å²) in [5, 5.41) is 8.81. The van der Waals surface area contributed by atoms with Gasteiger partial charge in [0.2, 0.25) is 0 Å². The molecule has 0 saturated heterocycles. The Balaban J connectivity index is 3.08. The van der Waals surface area contributed by atoms with Gasteiger partial charge in [-0.25, -0.2) is 0 Å². The first-order chi connectivity index (χ1) is 9.95. The minimum atomic E-state index is -0.232. The smallest absolute Gasteiger partial charge is 0.255 e. The number of amides is 1. The summed E-state index contributed by atoms with van der Waals surface area (Å²) in [6, 6.07) is 1.69. The molecule has 1 aromatic heterocycles. The maximum atomic E-state index is 12.8. The Morgan fingerprint density at radius 3 is 2.43 bits per heavy atom. The van der Waals surface area contributed by atoms with Crippen LogP contribution in [0.25, 0.3) is 0 Å². The van der Waals surface area contributed by atoms with E-state index in [0.717, 1.165) is 0 Å². The van der Waals surface area contributed by atoms with Crippen molar-refractivity contribution in [1.82, 2.24) is 9.88 Å². The van der Waals surface area contributed by atoms with Crippen molar-refractivity contribution in [2.24, 2.45) is 11.8 Å². The highest BCUT2D eigenvalue weighted by molar-refractivity contribution is 5.96. The molecule has 0 aliphatic rings. The molecule has 0 atom stereocenters. The van der Waals surface area contributed by atoms with E-state index >= 15 is 0 Å². The highest BCUT2D eigenvalue weighted by atomic mass is 16.2. The topological polar surface area (TPSA) is 53.4 Å². The van der Waals surface area contributed by atoms with Crippen molar-refractivity contribution >= 4 is 5.91 Å². The zero-order valence-electron chi connectivity index (χ0n) is 13.3. The van der Waals surface area contributed by atoms with E-state index in [1.54, 1.807) is 18.5 Å². The molecular weight excluding hydrogens is 264 g/mol. The lowest BCUT2D eigenvalue weighted by Gasteiger charge is -2.26. The van der Waals surface area contributed by atoms with Crippen LogP contribution in [0.15, 0.2) is 18.5 Å². The molecule has 0 saturated carbocycles. The second kappa shape index (κ2) is 8.43. The van der Waals surface area contributed by atoms with Gasteiger partial charge in [-0.1, -0.05) is 39.5 Å². The van der Waals surface area contributed by atoms with Crippen LogP contribution in [0, 0.1) is 23.7 Å². The summed E-state index contributed by atoms with van der Waals surface area (Å²) in [6.45, 7) is 9.58. The van der Waals surface area contributed by atoms with Gasteiger partial charge in [-0.15, -0.1) is 0 Å². The van der Waals surface area contributed by atoms with Crippen molar-refractivity contribution in [2.45, 2.75) is 27.7 Å². The quantitative estimate of drug-likeness (QED) is 0.845. The molecule has 0 unspecified atom stereocenters. The number of aliphatic hydroxyl groups is 1.